The molecule has 0 aliphatic heterocycles. The molecule has 1 heteroatoms. The number of benzene rings is 1. The molecule has 1 aromatic carbocycles. The molecule has 0 heterocycles. The molecule has 0 saturated heterocycles. The molecule has 1 saturated carbocycles. The maximum Gasteiger partial charge on any atom is 0.0927 e. The summed E-state index contributed by atoms with van der Waals surface area (Å²) in [4.78, 5) is 0. The van der Waals surface area contributed by atoms with Crippen LogP contribution in [0.4, 0.5) is 0 Å². The molecule has 0 radical (unpaired) electrons. The van der Waals surface area contributed by atoms with Crippen LogP contribution < -0.4 is 0 Å². The molecule has 0 bridgehead atoms. The second-order valence-electron chi connectivity index (χ2n) is 4.05. The Labute approximate surface area is 85.1 Å². The molecule has 1 N–H and O–H groups in total. The van der Waals surface area contributed by atoms with Crippen molar-refractivity contribution < 1.29 is 5.11 Å². The summed E-state index contributed by atoms with van der Waals surface area (Å²) in [5.41, 5.74) is 0.466. The Bertz CT molecular complexity index is 317. The summed E-state index contributed by atoms with van der Waals surface area (Å²) in [6, 6.07) is 9.96. The monoisotopic (exact) mass is 188 g/mol. The largest absolute Gasteiger partial charge is 0.385 e. The highest BCUT2D eigenvalue weighted by Gasteiger charge is 2.45. The van der Waals surface area contributed by atoms with Gasteiger partial charge in [0.25, 0.3) is 0 Å². The zero-order valence-corrected chi connectivity index (χ0v) is 8.32. The minimum absolute atomic E-state index is 0.363. The molecule has 1 nitrogen and oxygen atoms in total. The fourth-order valence-electron chi connectivity index (χ4n) is 2.24. The number of allylic oxidation sites excluding steroid dienone is 1. The second-order valence-corrected chi connectivity index (χ2v) is 4.05. The molecule has 1 aliphatic carbocycles. The van der Waals surface area contributed by atoms with Crippen LogP contribution in [0.15, 0.2) is 43.0 Å². The van der Waals surface area contributed by atoms with Gasteiger partial charge < -0.3 is 5.11 Å². The van der Waals surface area contributed by atoms with Gasteiger partial charge in [0.1, 0.15) is 0 Å². The molecule has 1 aliphatic rings. The maximum absolute atomic E-state index is 10.4. The van der Waals surface area contributed by atoms with Crippen LogP contribution in [-0.2, 0) is 5.60 Å². The van der Waals surface area contributed by atoms with E-state index in [1.54, 1.807) is 0 Å². The van der Waals surface area contributed by atoms with Gasteiger partial charge in [0.05, 0.1) is 5.60 Å². The molecular formula is C13H16O. The van der Waals surface area contributed by atoms with Crippen LogP contribution in [0.1, 0.15) is 24.8 Å². The van der Waals surface area contributed by atoms with Crippen LogP contribution in [0.2, 0.25) is 0 Å². The summed E-state index contributed by atoms with van der Waals surface area (Å²) in [6.07, 6.45) is 4.80. The van der Waals surface area contributed by atoms with Crippen LogP contribution in [0.25, 0.3) is 0 Å². The van der Waals surface area contributed by atoms with Crippen LogP contribution in [0.3, 0.4) is 0 Å². The van der Waals surface area contributed by atoms with E-state index in [1.807, 2.05) is 36.4 Å². The van der Waals surface area contributed by atoms with Crippen molar-refractivity contribution in [1.29, 1.82) is 0 Å². The first-order valence-corrected chi connectivity index (χ1v) is 5.16. The minimum Gasteiger partial charge on any atom is -0.385 e. The van der Waals surface area contributed by atoms with Gasteiger partial charge in [-0.25, -0.2) is 0 Å². The van der Waals surface area contributed by atoms with E-state index < -0.39 is 5.60 Å². The SMILES string of the molecule is C=CCC1CCC1(O)c1ccccc1. The topological polar surface area (TPSA) is 20.2 Å². The summed E-state index contributed by atoms with van der Waals surface area (Å²) in [6.45, 7) is 3.73. The Kier molecular flexibility index (Phi) is 2.42. The minimum atomic E-state index is -0.588. The Hall–Kier alpha value is -1.08. The highest BCUT2D eigenvalue weighted by Crippen LogP contribution is 2.48. The zero-order chi connectivity index (χ0) is 10.0. The first-order chi connectivity index (χ1) is 6.77. The van der Waals surface area contributed by atoms with E-state index in [4.69, 9.17) is 0 Å². The lowest BCUT2D eigenvalue weighted by Gasteiger charge is -2.45. The van der Waals surface area contributed by atoms with E-state index in [0.717, 1.165) is 24.8 Å². The number of hydrogen-bond acceptors (Lipinski definition) is 1. The Morgan fingerprint density at radius 1 is 1.43 bits per heavy atom. The van der Waals surface area contributed by atoms with Crippen LogP contribution in [-0.4, -0.2) is 5.11 Å². The van der Waals surface area contributed by atoms with Crippen molar-refractivity contribution in [3.63, 3.8) is 0 Å². The Balaban J connectivity index is 2.21. The van der Waals surface area contributed by atoms with Crippen molar-refractivity contribution >= 4 is 0 Å². The van der Waals surface area contributed by atoms with Crippen LogP contribution in [0.5, 0.6) is 0 Å². The van der Waals surface area contributed by atoms with Crippen LogP contribution in [0, 0.1) is 5.92 Å². The fraction of sp³-hybridized carbons (Fsp3) is 0.385. The van der Waals surface area contributed by atoms with Crippen molar-refractivity contribution in [1.82, 2.24) is 0 Å². The van der Waals surface area contributed by atoms with Gasteiger partial charge in [0, 0.05) is 0 Å². The molecule has 1 fully saturated rings. The number of rotatable bonds is 3. The maximum atomic E-state index is 10.4. The quantitative estimate of drug-likeness (QED) is 0.723. The second kappa shape index (κ2) is 3.58. The zero-order valence-electron chi connectivity index (χ0n) is 8.32. The molecule has 2 unspecified atom stereocenters. The van der Waals surface area contributed by atoms with Crippen molar-refractivity contribution in [3.8, 4) is 0 Å². The smallest absolute Gasteiger partial charge is 0.0927 e. The van der Waals surface area contributed by atoms with E-state index in [-0.39, 0.29) is 0 Å². The first kappa shape index (κ1) is 9.47. The highest BCUT2D eigenvalue weighted by atomic mass is 16.3. The molecule has 0 amide bonds. The van der Waals surface area contributed by atoms with Gasteiger partial charge in [-0.3, -0.25) is 0 Å². The number of aliphatic hydroxyl groups is 1. The highest BCUT2D eigenvalue weighted by molar-refractivity contribution is 5.26. The van der Waals surface area contributed by atoms with Gasteiger partial charge in [-0.1, -0.05) is 36.4 Å². The standard InChI is InChI=1S/C13H16O/c1-2-6-11-9-10-13(11,14)12-7-4-3-5-8-12/h2-5,7-8,11,14H,1,6,9-10H2. The summed E-state index contributed by atoms with van der Waals surface area (Å²) in [5.74, 6) is 0.363. The average Bonchev–Trinajstić information content (AvgIpc) is 2.24. The summed E-state index contributed by atoms with van der Waals surface area (Å²) in [5, 5.41) is 10.4. The molecule has 74 valence electrons. The molecule has 1 aromatic rings. The van der Waals surface area contributed by atoms with Crippen LogP contribution >= 0.6 is 0 Å². The lowest BCUT2D eigenvalue weighted by molar-refractivity contribution is -0.0999. The van der Waals surface area contributed by atoms with Crippen molar-refractivity contribution in [3.05, 3.63) is 48.6 Å². The van der Waals surface area contributed by atoms with E-state index in [2.05, 4.69) is 6.58 Å². The average molecular weight is 188 g/mol. The molecule has 2 rings (SSSR count). The van der Waals surface area contributed by atoms with Gasteiger partial charge in [0.2, 0.25) is 0 Å². The predicted molar refractivity (Wildman–Crippen MR) is 57.9 cm³/mol. The molecule has 14 heavy (non-hydrogen) atoms. The molecule has 0 spiro atoms. The lowest BCUT2D eigenvalue weighted by Crippen LogP contribution is -2.43. The van der Waals surface area contributed by atoms with Gasteiger partial charge >= 0.3 is 0 Å². The van der Waals surface area contributed by atoms with Crippen molar-refractivity contribution in [2.75, 3.05) is 0 Å². The third-order valence-corrected chi connectivity index (χ3v) is 3.27. The summed E-state index contributed by atoms with van der Waals surface area (Å²) >= 11 is 0. The number of hydrogen-bond donors (Lipinski definition) is 1. The van der Waals surface area contributed by atoms with E-state index in [9.17, 15) is 5.11 Å². The Morgan fingerprint density at radius 3 is 2.64 bits per heavy atom. The summed E-state index contributed by atoms with van der Waals surface area (Å²) < 4.78 is 0. The predicted octanol–water partition coefficient (Wildman–Crippen LogP) is 2.86. The van der Waals surface area contributed by atoms with E-state index >= 15 is 0 Å². The normalized spacial score (nSPS) is 30.8. The van der Waals surface area contributed by atoms with Crippen molar-refractivity contribution in [2.45, 2.75) is 24.9 Å². The third kappa shape index (κ3) is 1.38. The van der Waals surface area contributed by atoms with E-state index in [0.29, 0.717) is 5.92 Å². The van der Waals surface area contributed by atoms with Gasteiger partial charge in [-0.15, -0.1) is 6.58 Å². The molecule has 2 atom stereocenters. The first-order valence-electron chi connectivity index (χ1n) is 5.16. The third-order valence-electron chi connectivity index (χ3n) is 3.27. The molecular weight excluding hydrogens is 172 g/mol. The van der Waals surface area contributed by atoms with Gasteiger partial charge in [0.15, 0.2) is 0 Å². The van der Waals surface area contributed by atoms with E-state index in [1.165, 1.54) is 0 Å². The fourth-order valence-corrected chi connectivity index (χ4v) is 2.24. The Morgan fingerprint density at radius 2 is 2.14 bits per heavy atom. The van der Waals surface area contributed by atoms with Gasteiger partial charge in [-0.05, 0) is 30.7 Å². The lowest BCUT2D eigenvalue weighted by atomic mass is 9.64. The molecule has 0 aromatic heterocycles. The summed E-state index contributed by atoms with van der Waals surface area (Å²) in [7, 11) is 0. The van der Waals surface area contributed by atoms with Crippen molar-refractivity contribution in [2.24, 2.45) is 5.92 Å². The van der Waals surface area contributed by atoms with Gasteiger partial charge in [-0.2, -0.15) is 0 Å².